The summed E-state index contributed by atoms with van der Waals surface area (Å²) < 4.78 is 39.5. The van der Waals surface area contributed by atoms with E-state index in [0.717, 1.165) is 12.1 Å². The predicted octanol–water partition coefficient (Wildman–Crippen LogP) is 3.03. The average Bonchev–Trinajstić information content (AvgIpc) is 2.28. The fourth-order valence-corrected chi connectivity index (χ4v) is 3.22. The molecule has 1 N–H and O–H groups in total. The lowest BCUT2D eigenvalue weighted by Crippen LogP contribution is -2.33. The summed E-state index contributed by atoms with van der Waals surface area (Å²) in [5.74, 6) is 0.628. The van der Waals surface area contributed by atoms with Gasteiger partial charge in [-0.2, -0.15) is 0 Å². The van der Waals surface area contributed by atoms with Crippen LogP contribution in [0, 0.1) is 23.6 Å². The maximum absolute atomic E-state index is 12.8. The second-order valence-electron chi connectivity index (χ2n) is 5.46. The standard InChI is InChI=1S/C14H22FNO2S/c1-10(2)14(11(3)4)9-16-19(17,18)13-7-5-12(15)6-8-13/h5-8,10-11,14,16H,9H2,1-4H3. The number of sulfonamides is 1. The van der Waals surface area contributed by atoms with Crippen LogP contribution >= 0.6 is 0 Å². The van der Waals surface area contributed by atoms with Crippen LogP contribution in [0.4, 0.5) is 4.39 Å². The van der Waals surface area contributed by atoms with Gasteiger partial charge in [-0.05, 0) is 42.0 Å². The lowest BCUT2D eigenvalue weighted by Gasteiger charge is -2.25. The minimum atomic E-state index is -3.56. The summed E-state index contributed by atoms with van der Waals surface area (Å²) >= 11 is 0. The van der Waals surface area contributed by atoms with E-state index in [9.17, 15) is 12.8 Å². The van der Waals surface area contributed by atoms with Gasteiger partial charge in [-0.1, -0.05) is 27.7 Å². The fourth-order valence-electron chi connectivity index (χ4n) is 2.14. The second-order valence-corrected chi connectivity index (χ2v) is 7.22. The highest BCUT2D eigenvalue weighted by atomic mass is 32.2. The topological polar surface area (TPSA) is 46.2 Å². The molecular weight excluding hydrogens is 265 g/mol. The first-order valence-electron chi connectivity index (χ1n) is 6.49. The van der Waals surface area contributed by atoms with Gasteiger partial charge in [0.2, 0.25) is 10.0 Å². The van der Waals surface area contributed by atoms with Gasteiger partial charge in [0.15, 0.2) is 0 Å². The number of nitrogens with one attached hydrogen (secondary N) is 1. The van der Waals surface area contributed by atoms with Crippen molar-refractivity contribution in [2.24, 2.45) is 17.8 Å². The van der Waals surface area contributed by atoms with Gasteiger partial charge in [0.25, 0.3) is 0 Å². The molecule has 0 atom stereocenters. The Hall–Kier alpha value is -0.940. The van der Waals surface area contributed by atoms with Crippen LogP contribution in [0.1, 0.15) is 27.7 Å². The van der Waals surface area contributed by atoms with E-state index in [1.54, 1.807) is 0 Å². The molecule has 0 heterocycles. The smallest absolute Gasteiger partial charge is 0.211 e. The highest BCUT2D eigenvalue weighted by Gasteiger charge is 2.21. The highest BCUT2D eigenvalue weighted by Crippen LogP contribution is 2.20. The molecule has 0 spiro atoms. The molecule has 108 valence electrons. The fraction of sp³-hybridized carbons (Fsp3) is 0.571. The molecule has 0 fully saturated rings. The molecule has 0 aliphatic carbocycles. The van der Waals surface area contributed by atoms with E-state index in [1.807, 2.05) is 0 Å². The molecule has 0 unspecified atom stereocenters. The molecule has 0 saturated heterocycles. The number of benzene rings is 1. The van der Waals surface area contributed by atoms with Gasteiger partial charge in [-0.15, -0.1) is 0 Å². The molecule has 0 saturated carbocycles. The first-order valence-corrected chi connectivity index (χ1v) is 7.97. The van der Waals surface area contributed by atoms with E-state index in [4.69, 9.17) is 0 Å². The molecule has 19 heavy (non-hydrogen) atoms. The molecule has 1 aromatic carbocycles. The third-order valence-corrected chi connectivity index (χ3v) is 4.79. The van der Waals surface area contributed by atoms with Crippen LogP contribution in [0.3, 0.4) is 0 Å². The molecule has 3 nitrogen and oxygen atoms in total. The zero-order chi connectivity index (χ0) is 14.6. The van der Waals surface area contributed by atoms with Crippen molar-refractivity contribution in [1.82, 2.24) is 4.72 Å². The zero-order valence-corrected chi connectivity index (χ0v) is 12.7. The van der Waals surface area contributed by atoms with Gasteiger partial charge in [-0.25, -0.2) is 17.5 Å². The second kappa shape index (κ2) is 6.48. The normalized spacial score (nSPS) is 12.6. The van der Waals surface area contributed by atoms with Gasteiger partial charge in [-0.3, -0.25) is 0 Å². The van der Waals surface area contributed by atoms with E-state index in [1.165, 1.54) is 12.1 Å². The molecule has 1 aromatic rings. The number of hydrogen-bond acceptors (Lipinski definition) is 2. The molecule has 0 bridgehead atoms. The van der Waals surface area contributed by atoms with Crippen molar-refractivity contribution in [2.75, 3.05) is 6.54 Å². The van der Waals surface area contributed by atoms with Crippen molar-refractivity contribution in [3.63, 3.8) is 0 Å². The number of rotatable bonds is 6. The van der Waals surface area contributed by atoms with Crippen LogP contribution in [0.2, 0.25) is 0 Å². The first-order chi connectivity index (χ1) is 8.74. The van der Waals surface area contributed by atoms with Crippen molar-refractivity contribution < 1.29 is 12.8 Å². The van der Waals surface area contributed by atoms with E-state index in [-0.39, 0.29) is 10.8 Å². The first kappa shape index (κ1) is 16.1. The maximum Gasteiger partial charge on any atom is 0.240 e. The van der Waals surface area contributed by atoms with E-state index in [2.05, 4.69) is 32.4 Å². The molecule has 5 heteroatoms. The Kier molecular flexibility index (Phi) is 5.50. The van der Waals surface area contributed by atoms with Gasteiger partial charge in [0.05, 0.1) is 4.90 Å². The lowest BCUT2D eigenvalue weighted by atomic mass is 9.86. The van der Waals surface area contributed by atoms with Crippen molar-refractivity contribution in [3.05, 3.63) is 30.1 Å². The lowest BCUT2D eigenvalue weighted by molar-refractivity contribution is 0.289. The SMILES string of the molecule is CC(C)C(CNS(=O)(=O)c1ccc(F)cc1)C(C)C. The Morgan fingerprint density at radius 3 is 1.95 bits per heavy atom. The summed E-state index contributed by atoms with van der Waals surface area (Å²) in [7, 11) is -3.56. The Morgan fingerprint density at radius 1 is 1.05 bits per heavy atom. The van der Waals surface area contributed by atoms with Gasteiger partial charge in [0.1, 0.15) is 5.82 Å². The quantitative estimate of drug-likeness (QED) is 0.874. The number of halogens is 1. The van der Waals surface area contributed by atoms with Crippen molar-refractivity contribution in [1.29, 1.82) is 0 Å². The minimum absolute atomic E-state index is 0.0974. The monoisotopic (exact) mass is 287 g/mol. The Bertz CT molecular complexity index is 487. The number of hydrogen-bond donors (Lipinski definition) is 1. The zero-order valence-electron chi connectivity index (χ0n) is 11.9. The highest BCUT2D eigenvalue weighted by molar-refractivity contribution is 7.89. The van der Waals surface area contributed by atoms with Crippen molar-refractivity contribution in [2.45, 2.75) is 32.6 Å². The summed E-state index contributed by atoms with van der Waals surface area (Å²) in [5.41, 5.74) is 0. The Morgan fingerprint density at radius 2 is 1.53 bits per heavy atom. The van der Waals surface area contributed by atoms with Gasteiger partial charge in [0, 0.05) is 6.54 Å². The maximum atomic E-state index is 12.8. The molecule has 1 rings (SSSR count). The summed E-state index contributed by atoms with van der Waals surface area (Å²) in [6.45, 7) is 8.72. The van der Waals surface area contributed by atoms with Crippen LogP contribution < -0.4 is 4.72 Å². The molecule has 0 aromatic heterocycles. The van der Waals surface area contributed by atoms with Crippen molar-refractivity contribution in [3.8, 4) is 0 Å². The van der Waals surface area contributed by atoms with E-state index < -0.39 is 15.8 Å². The van der Waals surface area contributed by atoms with Crippen LogP contribution in [-0.4, -0.2) is 15.0 Å². The summed E-state index contributed by atoms with van der Waals surface area (Å²) in [5, 5.41) is 0. The van der Waals surface area contributed by atoms with Crippen LogP contribution in [0.15, 0.2) is 29.2 Å². The third kappa shape index (κ3) is 4.58. The summed E-state index contributed by atoms with van der Waals surface area (Å²) in [4.78, 5) is 0.0974. The van der Waals surface area contributed by atoms with E-state index >= 15 is 0 Å². The summed E-state index contributed by atoms with van der Waals surface area (Å²) in [6.07, 6.45) is 0. The van der Waals surface area contributed by atoms with Gasteiger partial charge < -0.3 is 0 Å². The van der Waals surface area contributed by atoms with Crippen LogP contribution in [-0.2, 0) is 10.0 Å². The van der Waals surface area contributed by atoms with Gasteiger partial charge >= 0.3 is 0 Å². The summed E-state index contributed by atoms with van der Waals surface area (Å²) in [6, 6.07) is 4.85. The molecule has 0 aliphatic heterocycles. The molecule has 0 amide bonds. The third-order valence-electron chi connectivity index (χ3n) is 3.35. The molecule has 0 aliphatic rings. The molecule has 0 radical (unpaired) electrons. The largest absolute Gasteiger partial charge is 0.240 e. The average molecular weight is 287 g/mol. The van der Waals surface area contributed by atoms with E-state index in [0.29, 0.717) is 18.4 Å². The van der Waals surface area contributed by atoms with Crippen molar-refractivity contribution >= 4 is 10.0 Å². The Labute approximate surface area is 115 Å². The Balaban J connectivity index is 2.78. The van der Waals surface area contributed by atoms with Crippen LogP contribution in [0.25, 0.3) is 0 Å². The molecular formula is C14H22FNO2S. The minimum Gasteiger partial charge on any atom is -0.211 e. The van der Waals surface area contributed by atoms with Crippen LogP contribution in [0.5, 0.6) is 0 Å². The predicted molar refractivity (Wildman–Crippen MR) is 74.8 cm³/mol.